The summed E-state index contributed by atoms with van der Waals surface area (Å²) in [5.41, 5.74) is 2.72. The van der Waals surface area contributed by atoms with Crippen LogP contribution in [0.1, 0.15) is 16.1 Å². The monoisotopic (exact) mass is 420 g/mol. The number of nitrogens with one attached hydrogen (secondary N) is 1. The Balaban J connectivity index is 1.86. The van der Waals surface area contributed by atoms with Crippen LogP contribution < -0.4 is 5.32 Å². The van der Waals surface area contributed by atoms with Gasteiger partial charge in [0.25, 0.3) is 5.91 Å². The first-order valence-electron chi connectivity index (χ1n) is 6.83. The van der Waals surface area contributed by atoms with Crippen LogP contribution in [0.3, 0.4) is 0 Å². The molecule has 0 fully saturated rings. The van der Waals surface area contributed by atoms with E-state index in [1.807, 2.05) is 60.1 Å². The van der Waals surface area contributed by atoms with E-state index in [1.54, 1.807) is 0 Å². The van der Waals surface area contributed by atoms with Gasteiger partial charge in [-0.25, -0.2) is 0 Å². The van der Waals surface area contributed by atoms with E-state index in [-0.39, 0.29) is 5.91 Å². The zero-order valence-electron chi connectivity index (χ0n) is 11.9. The molecule has 5 heteroatoms. The van der Waals surface area contributed by atoms with Crippen LogP contribution in [0, 0.1) is 0 Å². The minimum Gasteiger partial charge on any atom is -0.347 e. The van der Waals surface area contributed by atoms with Gasteiger partial charge in [0.05, 0.1) is 4.47 Å². The highest BCUT2D eigenvalue weighted by Gasteiger charge is 2.18. The molecule has 3 rings (SSSR count). The molecule has 0 bridgehead atoms. The fraction of sp³-hybridized carbons (Fsp3) is 0.118. The first-order valence-corrected chi connectivity index (χ1v) is 8.42. The molecule has 0 saturated heterocycles. The Morgan fingerprint density at radius 3 is 2.64 bits per heavy atom. The zero-order chi connectivity index (χ0) is 15.7. The highest BCUT2D eigenvalue weighted by molar-refractivity contribution is 9.11. The van der Waals surface area contributed by atoms with Gasteiger partial charge in [-0.15, -0.1) is 0 Å². The molecule has 1 N–H and O–H groups in total. The number of halogens is 2. The van der Waals surface area contributed by atoms with E-state index in [0.717, 1.165) is 25.4 Å². The summed E-state index contributed by atoms with van der Waals surface area (Å²) < 4.78 is 3.75. The third-order valence-corrected chi connectivity index (χ3v) is 4.90. The molecule has 0 unspecified atom stereocenters. The summed E-state index contributed by atoms with van der Waals surface area (Å²) in [5, 5.41) is 4.01. The number of hydrogen-bond acceptors (Lipinski definition) is 1. The third-order valence-electron chi connectivity index (χ3n) is 3.60. The lowest BCUT2D eigenvalue weighted by molar-refractivity contribution is 0.0942. The van der Waals surface area contributed by atoms with Crippen LogP contribution in [0.2, 0.25) is 0 Å². The maximum Gasteiger partial charge on any atom is 0.269 e. The summed E-state index contributed by atoms with van der Waals surface area (Å²) in [6.07, 6.45) is 0. The van der Waals surface area contributed by atoms with Crippen LogP contribution in [-0.4, -0.2) is 10.5 Å². The Labute approximate surface area is 145 Å². The maximum absolute atomic E-state index is 12.5. The zero-order valence-corrected chi connectivity index (χ0v) is 15.1. The Kier molecular flexibility index (Phi) is 4.36. The van der Waals surface area contributed by atoms with Gasteiger partial charge in [-0.3, -0.25) is 4.79 Å². The van der Waals surface area contributed by atoms with E-state index >= 15 is 0 Å². The first kappa shape index (κ1) is 15.3. The fourth-order valence-electron chi connectivity index (χ4n) is 2.51. The molecule has 0 radical (unpaired) electrons. The molecule has 0 spiro atoms. The smallest absolute Gasteiger partial charge is 0.269 e. The number of para-hydroxylation sites is 1. The average molecular weight is 422 g/mol. The second-order valence-corrected chi connectivity index (χ2v) is 6.76. The Morgan fingerprint density at radius 1 is 1.14 bits per heavy atom. The van der Waals surface area contributed by atoms with Crippen molar-refractivity contribution in [2.24, 2.45) is 7.05 Å². The van der Waals surface area contributed by atoms with Crippen molar-refractivity contribution < 1.29 is 4.79 Å². The number of hydrogen-bond donors (Lipinski definition) is 1. The molecule has 1 heterocycles. The Hall–Kier alpha value is -1.59. The quantitative estimate of drug-likeness (QED) is 0.656. The van der Waals surface area contributed by atoms with E-state index < -0.39 is 0 Å². The summed E-state index contributed by atoms with van der Waals surface area (Å²) in [6, 6.07) is 15.9. The van der Waals surface area contributed by atoms with Crippen LogP contribution in [0.4, 0.5) is 0 Å². The normalized spacial score (nSPS) is 10.9. The molecular weight excluding hydrogens is 408 g/mol. The second-order valence-electron chi connectivity index (χ2n) is 5.05. The fourth-order valence-corrected chi connectivity index (χ4v) is 3.74. The largest absolute Gasteiger partial charge is 0.347 e. The van der Waals surface area contributed by atoms with E-state index in [1.165, 1.54) is 0 Å². The standard InChI is InChI=1S/C17H14Br2N2O/c1-21-14-8-3-2-7-13(14)15(19)16(21)17(22)20-10-11-5-4-6-12(18)9-11/h2-9H,10H2,1H3,(H,20,22). The summed E-state index contributed by atoms with van der Waals surface area (Å²) in [6.45, 7) is 0.492. The number of nitrogens with zero attached hydrogens (tertiary/aromatic N) is 1. The minimum absolute atomic E-state index is 0.0921. The third kappa shape index (κ3) is 2.83. The van der Waals surface area contributed by atoms with Crippen molar-refractivity contribution in [3.8, 4) is 0 Å². The molecule has 112 valence electrons. The van der Waals surface area contributed by atoms with E-state index in [9.17, 15) is 4.79 Å². The van der Waals surface area contributed by atoms with Gasteiger partial charge in [-0.1, -0.05) is 46.3 Å². The molecule has 3 nitrogen and oxygen atoms in total. The lowest BCUT2D eigenvalue weighted by Crippen LogP contribution is -2.25. The van der Waals surface area contributed by atoms with Crippen molar-refractivity contribution in [3.63, 3.8) is 0 Å². The number of rotatable bonds is 3. The molecule has 0 aliphatic carbocycles. The molecule has 1 amide bonds. The summed E-state index contributed by atoms with van der Waals surface area (Å²) in [7, 11) is 1.90. The first-order chi connectivity index (χ1) is 10.6. The summed E-state index contributed by atoms with van der Waals surface area (Å²) in [5.74, 6) is -0.0921. The lowest BCUT2D eigenvalue weighted by Gasteiger charge is -2.08. The number of carbonyl (C=O) groups excluding carboxylic acids is 1. The molecule has 0 aliphatic heterocycles. The highest BCUT2D eigenvalue weighted by Crippen LogP contribution is 2.30. The maximum atomic E-state index is 12.5. The topological polar surface area (TPSA) is 34.0 Å². The minimum atomic E-state index is -0.0921. The molecular formula is C17H14Br2N2O. The van der Waals surface area contributed by atoms with Crippen molar-refractivity contribution in [3.05, 3.63) is 68.7 Å². The van der Waals surface area contributed by atoms with E-state index in [4.69, 9.17) is 0 Å². The van der Waals surface area contributed by atoms with E-state index in [0.29, 0.717) is 12.2 Å². The van der Waals surface area contributed by atoms with Gasteiger partial charge < -0.3 is 9.88 Å². The van der Waals surface area contributed by atoms with Gasteiger partial charge in [0.2, 0.25) is 0 Å². The number of carbonyl (C=O) groups is 1. The molecule has 0 atom stereocenters. The van der Waals surface area contributed by atoms with Crippen LogP contribution in [0.5, 0.6) is 0 Å². The van der Waals surface area contributed by atoms with Gasteiger partial charge >= 0.3 is 0 Å². The Morgan fingerprint density at radius 2 is 1.91 bits per heavy atom. The SMILES string of the molecule is Cn1c(C(=O)NCc2cccc(Br)c2)c(Br)c2ccccc21. The number of amides is 1. The van der Waals surface area contributed by atoms with Crippen molar-refractivity contribution in [1.82, 2.24) is 9.88 Å². The highest BCUT2D eigenvalue weighted by atomic mass is 79.9. The van der Waals surface area contributed by atoms with Crippen LogP contribution in [-0.2, 0) is 13.6 Å². The van der Waals surface area contributed by atoms with Crippen LogP contribution in [0.25, 0.3) is 10.9 Å². The van der Waals surface area contributed by atoms with Crippen LogP contribution >= 0.6 is 31.9 Å². The van der Waals surface area contributed by atoms with E-state index in [2.05, 4.69) is 37.2 Å². The number of benzene rings is 2. The lowest BCUT2D eigenvalue weighted by atomic mass is 10.2. The predicted molar refractivity (Wildman–Crippen MR) is 95.9 cm³/mol. The Bertz CT molecular complexity index is 816. The molecule has 1 aromatic heterocycles. The van der Waals surface area contributed by atoms with Gasteiger partial charge in [-0.2, -0.15) is 0 Å². The van der Waals surface area contributed by atoms with Gasteiger partial charge in [0, 0.05) is 29.0 Å². The predicted octanol–water partition coefficient (Wildman–Crippen LogP) is 4.63. The van der Waals surface area contributed by atoms with Gasteiger partial charge in [0.15, 0.2) is 0 Å². The summed E-state index contributed by atoms with van der Waals surface area (Å²) >= 11 is 6.99. The van der Waals surface area contributed by atoms with Crippen molar-refractivity contribution in [1.29, 1.82) is 0 Å². The number of aryl methyl sites for hydroxylation is 1. The van der Waals surface area contributed by atoms with Crippen molar-refractivity contribution in [2.75, 3.05) is 0 Å². The second kappa shape index (κ2) is 6.26. The molecule has 2 aromatic carbocycles. The van der Waals surface area contributed by atoms with Gasteiger partial charge in [0.1, 0.15) is 5.69 Å². The summed E-state index contributed by atoms with van der Waals surface area (Å²) in [4.78, 5) is 12.5. The van der Waals surface area contributed by atoms with Crippen molar-refractivity contribution >= 4 is 48.7 Å². The van der Waals surface area contributed by atoms with Gasteiger partial charge in [-0.05, 0) is 39.7 Å². The number of fused-ring (bicyclic) bond motifs is 1. The van der Waals surface area contributed by atoms with Crippen LogP contribution in [0.15, 0.2) is 57.5 Å². The molecule has 22 heavy (non-hydrogen) atoms. The molecule has 3 aromatic rings. The average Bonchev–Trinajstić information content (AvgIpc) is 2.77. The van der Waals surface area contributed by atoms with Crippen molar-refractivity contribution in [2.45, 2.75) is 6.54 Å². The molecule has 0 saturated carbocycles. The number of aromatic nitrogens is 1. The molecule has 0 aliphatic rings.